The fourth-order valence-electron chi connectivity index (χ4n) is 0.846. The van der Waals surface area contributed by atoms with Crippen molar-refractivity contribution < 1.29 is 30.9 Å². The van der Waals surface area contributed by atoms with Crippen molar-refractivity contribution in [2.75, 3.05) is 7.11 Å². The average molecular weight is 378 g/mol. The van der Waals surface area contributed by atoms with Crippen LogP contribution in [0.5, 0.6) is 0 Å². The summed E-state index contributed by atoms with van der Waals surface area (Å²) < 4.78 is 4.84. The molecule has 84 valence electrons. The van der Waals surface area contributed by atoms with Gasteiger partial charge in [-0.05, 0) is 6.08 Å². The maximum Gasteiger partial charge on any atom is 0.175 e. The van der Waals surface area contributed by atoms with Crippen molar-refractivity contribution in [1.29, 1.82) is 0 Å². The van der Waals surface area contributed by atoms with E-state index in [-0.39, 0.29) is 32.9 Å². The molecule has 1 atom stereocenters. The molecule has 2 N–H and O–H groups in total. The Kier molecular flexibility index (Phi) is 10.0. The second-order valence-electron chi connectivity index (χ2n) is 2.19. The Morgan fingerprint density at radius 3 is 2.50 bits per heavy atom. The van der Waals surface area contributed by atoms with Crippen molar-refractivity contribution in [2.24, 2.45) is 0 Å². The number of aliphatic hydroxyl groups excluding tert-OH is 1. The van der Waals surface area contributed by atoms with Gasteiger partial charge in [0.2, 0.25) is 0 Å². The van der Waals surface area contributed by atoms with Crippen LogP contribution in [-0.4, -0.2) is 18.3 Å². The summed E-state index contributed by atoms with van der Waals surface area (Å²) in [7, 11) is 1.51. The van der Waals surface area contributed by atoms with Gasteiger partial charge >= 0.3 is 0 Å². The minimum atomic E-state index is -0.00565. The van der Waals surface area contributed by atoms with Gasteiger partial charge in [-0.25, -0.2) is 0 Å². The quantitative estimate of drug-likeness (QED) is 0.724. The van der Waals surface area contributed by atoms with Crippen molar-refractivity contribution in [3.8, 4) is 0 Å². The zero-order valence-electron chi connectivity index (χ0n) is 8.69. The van der Waals surface area contributed by atoms with Crippen molar-refractivity contribution in [1.82, 2.24) is 5.32 Å². The summed E-state index contributed by atoms with van der Waals surface area (Å²) in [6.45, 7) is 7.58. The van der Waals surface area contributed by atoms with Crippen molar-refractivity contribution in [3.05, 3.63) is 36.4 Å². The first-order chi connectivity index (χ1) is 6.27. The van der Waals surface area contributed by atoms with Crippen LogP contribution in [0, 0.1) is 0 Å². The molecule has 1 heterocycles. The van der Waals surface area contributed by atoms with E-state index < -0.39 is 0 Å². The van der Waals surface area contributed by atoms with E-state index in [1.807, 2.05) is 13.8 Å². The van der Waals surface area contributed by atoms with Crippen LogP contribution >= 0.6 is 0 Å². The molecule has 0 radical (unpaired) electrons. The molecule has 14 heavy (non-hydrogen) atoms. The van der Waals surface area contributed by atoms with Gasteiger partial charge in [-0.1, -0.05) is 19.9 Å². The van der Waals surface area contributed by atoms with Gasteiger partial charge in [-0.3, -0.25) is 0 Å². The van der Waals surface area contributed by atoms with Gasteiger partial charge in [0.15, 0.2) is 11.5 Å². The fourth-order valence-corrected chi connectivity index (χ4v) is 0.846. The number of hydrogen-bond donors (Lipinski definition) is 2. The summed E-state index contributed by atoms with van der Waals surface area (Å²) in [4.78, 5) is 0. The molecule has 0 aromatic carbocycles. The number of rotatable bonds is 2. The van der Waals surface area contributed by atoms with E-state index in [2.05, 4.69) is 11.9 Å². The van der Waals surface area contributed by atoms with E-state index in [4.69, 9.17) is 4.74 Å². The van der Waals surface area contributed by atoms with Crippen molar-refractivity contribution >= 4 is 0 Å². The summed E-state index contributed by atoms with van der Waals surface area (Å²) >= 11 is 0. The zero-order valence-corrected chi connectivity index (χ0v) is 11.0. The first-order valence-electron chi connectivity index (χ1n) is 4.32. The molecule has 0 aromatic heterocycles. The molecule has 0 bridgehead atoms. The van der Waals surface area contributed by atoms with Crippen LogP contribution in [0.3, 0.4) is 0 Å². The van der Waals surface area contributed by atoms with Gasteiger partial charge in [-0.15, -0.1) is 6.58 Å². The Morgan fingerprint density at radius 1 is 1.57 bits per heavy atom. The topological polar surface area (TPSA) is 41.5 Å². The third kappa shape index (κ3) is 4.52. The van der Waals surface area contributed by atoms with Crippen molar-refractivity contribution in [3.63, 3.8) is 0 Å². The number of hydrogen-bond acceptors (Lipinski definition) is 3. The van der Waals surface area contributed by atoms with E-state index in [0.717, 1.165) is 0 Å². The van der Waals surface area contributed by atoms with Crippen LogP contribution in [-0.2, 0) is 25.8 Å². The number of methoxy groups -OCH3 is 1. The smallest absolute Gasteiger partial charge is 0.175 e. The SMILES string of the molecule is C=CC1C=C(O)C(OC)=CN1.CC.[Pt]. The Bertz CT molecular complexity index is 224. The Balaban J connectivity index is 0. The maximum absolute atomic E-state index is 9.25. The first kappa shape index (κ1) is 15.8. The summed E-state index contributed by atoms with van der Waals surface area (Å²) in [6, 6.07) is -0.00565. The molecule has 0 fully saturated rings. The normalized spacial score (nSPS) is 18.4. The molecule has 0 saturated carbocycles. The molecule has 1 aliphatic heterocycles. The van der Waals surface area contributed by atoms with E-state index in [9.17, 15) is 5.11 Å². The molecule has 0 spiro atoms. The first-order valence-corrected chi connectivity index (χ1v) is 4.32. The molecule has 3 nitrogen and oxygen atoms in total. The molecule has 1 rings (SSSR count). The predicted molar refractivity (Wildman–Crippen MR) is 54.3 cm³/mol. The molecular weight excluding hydrogens is 361 g/mol. The third-order valence-electron chi connectivity index (χ3n) is 1.47. The molecule has 4 heteroatoms. The average Bonchev–Trinajstić information content (AvgIpc) is 2.20. The van der Waals surface area contributed by atoms with E-state index >= 15 is 0 Å². The molecular formula is C10H17NO2Pt. The van der Waals surface area contributed by atoms with Crippen LogP contribution in [0.15, 0.2) is 36.4 Å². The zero-order chi connectivity index (χ0) is 10.3. The van der Waals surface area contributed by atoms with Gasteiger partial charge in [-0.2, -0.15) is 0 Å². The van der Waals surface area contributed by atoms with Gasteiger partial charge in [0.1, 0.15) is 0 Å². The molecule has 0 aliphatic carbocycles. The standard InChI is InChI=1S/C8H11NO2.C2H6.Pt/c1-3-6-4-7(10)8(11-2)5-9-6;1-2;/h3-6,9-10H,1H2,2H3;1-2H3;. The van der Waals surface area contributed by atoms with Crippen LogP contribution in [0.2, 0.25) is 0 Å². The van der Waals surface area contributed by atoms with Crippen molar-refractivity contribution in [2.45, 2.75) is 19.9 Å². The summed E-state index contributed by atoms with van der Waals surface area (Å²) in [5, 5.41) is 12.2. The molecule has 1 unspecified atom stereocenters. The van der Waals surface area contributed by atoms with Gasteiger partial charge in [0.05, 0.1) is 13.2 Å². The monoisotopic (exact) mass is 378 g/mol. The number of nitrogens with one attached hydrogen (secondary N) is 1. The minimum Gasteiger partial charge on any atom is -0.504 e. The summed E-state index contributed by atoms with van der Waals surface area (Å²) in [5.74, 6) is 0.597. The van der Waals surface area contributed by atoms with Gasteiger partial charge in [0.25, 0.3) is 0 Å². The Hall–Kier alpha value is -0.692. The fraction of sp³-hybridized carbons (Fsp3) is 0.400. The van der Waals surface area contributed by atoms with Crippen LogP contribution in [0.4, 0.5) is 0 Å². The van der Waals surface area contributed by atoms with Gasteiger partial charge < -0.3 is 15.2 Å². The Labute approximate surface area is 99.8 Å². The number of aliphatic hydroxyl groups is 1. The van der Waals surface area contributed by atoms with Crippen LogP contribution in [0.1, 0.15) is 13.8 Å². The maximum atomic E-state index is 9.25. The van der Waals surface area contributed by atoms with E-state index in [1.165, 1.54) is 7.11 Å². The molecule has 0 aromatic rings. The predicted octanol–water partition coefficient (Wildman–Crippen LogP) is 2.10. The number of ether oxygens (including phenoxy) is 1. The summed E-state index contributed by atoms with van der Waals surface area (Å²) in [5.41, 5.74) is 0. The van der Waals surface area contributed by atoms with Crippen LogP contribution in [0.25, 0.3) is 0 Å². The van der Waals surface area contributed by atoms with E-state index in [0.29, 0.717) is 5.76 Å². The third-order valence-corrected chi connectivity index (χ3v) is 1.47. The van der Waals surface area contributed by atoms with E-state index in [1.54, 1.807) is 18.4 Å². The summed E-state index contributed by atoms with van der Waals surface area (Å²) in [6.07, 6.45) is 4.94. The van der Waals surface area contributed by atoms with Gasteiger partial charge in [0, 0.05) is 27.3 Å². The molecule has 0 amide bonds. The second kappa shape index (κ2) is 8.89. The Morgan fingerprint density at radius 2 is 2.14 bits per heavy atom. The second-order valence-corrected chi connectivity index (χ2v) is 2.19. The largest absolute Gasteiger partial charge is 0.504 e. The molecule has 0 saturated heterocycles. The number of dihydropyridines is 1. The van der Waals surface area contributed by atoms with Crippen LogP contribution < -0.4 is 5.32 Å². The minimum absolute atomic E-state index is 0. The molecule has 1 aliphatic rings.